The summed E-state index contributed by atoms with van der Waals surface area (Å²) in [6, 6.07) is 5.56. The van der Waals surface area contributed by atoms with Gasteiger partial charge < -0.3 is 5.32 Å². The van der Waals surface area contributed by atoms with Crippen LogP contribution in [-0.2, 0) is 0 Å². The lowest BCUT2D eigenvalue weighted by atomic mass is 9.75. The summed E-state index contributed by atoms with van der Waals surface area (Å²) in [7, 11) is 0. The number of nitro groups is 1. The van der Waals surface area contributed by atoms with Crippen LogP contribution in [0.2, 0.25) is 0 Å². The first-order valence-corrected chi connectivity index (χ1v) is 11.9. The quantitative estimate of drug-likeness (QED) is 0.223. The molecular formula is C23H22FN7O3S. The van der Waals surface area contributed by atoms with Crippen LogP contribution in [0.15, 0.2) is 36.7 Å². The van der Waals surface area contributed by atoms with Crippen molar-refractivity contribution < 1.29 is 14.1 Å². The van der Waals surface area contributed by atoms with E-state index in [4.69, 9.17) is 4.98 Å². The molecule has 35 heavy (non-hydrogen) atoms. The molecule has 0 unspecified atom stereocenters. The van der Waals surface area contributed by atoms with E-state index < -0.39 is 16.8 Å². The maximum atomic E-state index is 13.4. The number of thiophene rings is 1. The number of rotatable bonds is 5. The predicted octanol–water partition coefficient (Wildman–Crippen LogP) is 5.39. The molecule has 1 aliphatic rings. The zero-order valence-electron chi connectivity index (χ0n) is 19.1. The van der Waals surface area contributed by atoms with Gasteiger partial charge in [-0.2, -0.15) is 9.49 Å². The highest BCUT2D eigenvalue weighted by Crippen LogP contribution is 2.41. The maximum Gasteiger partial charge on any atom is 0.324 e. The van der Waals surface area contributed by atoms with Gasteiger partial charge in [-0.05, 0) is 49.3 Å². The first-order chi connectivity index (χ1) is 16.7. The molecule has 4 aromatic rings. The molecule has 0 aliphatic heterocycles. The molecule has 180 valence electrons. The third-order valence-corrected chi connectivity index (χ3v) is 7.36. The van der Waals surface area contributed by atoms with Crippen LogP contribution in [0.25, 0.3) is 22.4 Å². The van der Waals surface area contributed by atoms with Crippen LogP contribution in [0, 0.1) is 21.5 Å². The molecule has 0 bridgehead atoms. The van der Waals surface area contributed by atoms with Crippen molar-refractivity contribution in [3.8, 4) is 11.4 Å². The third-order valence-electron chi connectivity index (χ3n) is 6.32. The molecule has 12 heteroatoms. The number of anilines is 1. The van der Waals surface area contributed by atoms with Crippen molar-refractivity contribution >= 4 is 39.1 Å². The molecule has 1 N–H and O–H groups in total. The van der Waals surface area contributed by atoms with Crippen LogP contribution in [0.5, 0.6) is 0 Å². The summed E-state index contributed by atoms with van der Waals surface area (Å²) >= 11 is 0.777. The first kappa shape index (κ1) is 23.0. The van der Waals surface area contributed by atoms with Crippen LogP contribution in [-0.4, -0.2) is 35.6 Å². The van der Waals surface area contributed by atoms with Gasteiger partial charge in [0.25, 0.3) is 5.91 Å². The number of carbonyl (C=O) groups excluding carboxylic acids is 1. The van der Waals surface area contributed by atoms with Crippen LogP contribution in [0.1, 0.15) is 55.2 Å². The largest absolute Gasteiger partial charge is 0.324 e. The number of nitrogens with one attached hydrogen (secondary N) is 1. The monoisotopic (exact) mass is 495 g/mol. The van der Waals surface area contributed by atoms with E-state index in [0.29, 0.717) is 16.6 Å². The van der Waals surface area contributed by atoms with Crippen LogP contribution >= 0.6 is 11.3 Å². The average molecular weight is 496 g/mol. The number of amides is 1. The lowest BCUT2D eigenvalue weighted by molar-refractivity contribution is -0.380. The zero-order valence-corrected chi connectivity index (χ0v) is 19.9. The highest BCUT2D eigenvalue weighted by atomic mass is 32.1. The van der Waals surface area contributed by atoms with Gasteiger partial charge in [0.2, 0.25) is 5.95 Å². The second-order valence-electron chi connectivity index (χ2n) is 9.34. The van der Waals surface area contributed by atoms with Crippen LogP contribution in [0.4, 0.5) is 15.2 Å². The molecule has 1 amide bonds. The Morgan fingerprint density at radius 3 is 2.63 bits per heavy atom. The van der Waals surface area contributed by atoms with Gasteiger partial charge in [-0.1, -0.05) is 25.2 Å². The number of hydrogen-bond acceptors (Lipinski definition) is 8. The molecular weight excluding hydrogens is 473 g/mol. The minimum atomic E-state index is -0.627. The number of carbonyl (C=O) groups is 1. The minimum Gasteiger partial charge on any atom is -0.305 e. The van der Waals surface area contributed by atoms with Gasteiger partial charge in [-0.3, -0.25) is 14.9 Å². The lowest BCUT2D eigenvalue weighted by Crippen LogP contribution is -2.24. The van der Waals surface area contributed by atoms with E-state index in [1.54, 1.807) is 6.20 Å². The first-order valence-electron chi connectivity index (χ1n) is 11.1. The average Bonchev–Trinajstić information content (AvgIpc) is 3.48. The number of aromatic nitrogens is 5. The summed E-state index contributed by atoms with van der Waals surface area (Å²) in [5, 5.41) is 18.8. The van der Waals surface area contributed by atoms with Crippen molar-refractivity contribution in [3.05, 3.63) is 57.6 Å². The molecule has 1 fully saturated rings. The summed E-state index contributed by atoms with van der Waals surface area (Å²) in [5.74, 6) is -0.677. The Balaban J connectivity index is 1.56. The molecule has 0 atom stereocenters. The molecule has 4 heterocycles. The Bertz CT molecular complexity index is 1420. The predicted molar refractivity (Wildman–Crippen MR) is 129 cm³/mol. The molecule has 1 aliphatic carbocycles. The van der Waals surface area contributed by atoms with Gasteiger partial charge in [0, 0.05) is 17.8 Å². The van der Waals surface area contributed by atoms with Crippen molar-refractivity contribution in [2.24, 2.45) is 5.41 Å². The lowest BCUT2D eigenvalue weighted by Gasteiger charge is -2.34. The van der Waals surface area contributed by atoms with Gasteiger partial charge in [0.15, 0.2) is 11.5 Å². The SMILES string of the molecule is CC1(C)CCC(n2ncc3c(NC(=O)c4ccc([N+](=O)[O-])s4)nc(-c4ccc(F)nc4)nc32)CC1. The fourth-order valence-corrected chi connectivity index (χ4v) is 4.99. The zero-order chi connectivity index (χ0) is 24.7. The molecule has 0 saturated heterocycles. The molecule has 0 spiro atoms. The highest BCUT2D eigenvalue weighted by Gasteiger charge is 2.30. The van der Waals surface area contributed by atoms with Gasteiger partial charge in [0.1, 0.15) is 5.82 Å². The minimum absolute atomic E-state index is 0.130. The number of halogens is 1. The van der Waals surface area contributed by atoms with Crippen molar-refractivity contribution in [2.45, 2.75) is 45.6 Å². The Labute approximate surface area is 203 Å². The van der Waals surface area contributed by atoms with E-state index in [1.807, 2.05) is 4.68 Å². The Morgan fingerprint density at radius 1 is 1.20 bits per heavy atom. The van der Waals surface area contributed by atoms with Crippen molar-refractivity contribution in [1.29, 1.82) is 0 Å². The standard InChI is InChI=1S/C23H22FN7O3S/c1-23(2)9-7-14(8-10-23)30-21-15(12-26-30)20(27-19(28-21)13-3-5-17(24)25-11-13)29-22(32)16-4-6-18(35-16)31(33)34/h3-6,11-12,14H,7-10H2,1-2H3,(H,27,28,29,32). The number of pyridine rings is 1. The molecule has 5 rings (SSSR count). The number of nitrogens with zero attached hydrogens (tertiary/aromatic N) is 6. The Hall–Kier alpha value is -3.80. The second kappa shape index (κ2) is 8.77. The second-order valence-corrected chi connectivity index (χ2v) is 10.4. The molecule has 0 aromatic carbocycles. The maximum absolute atomic E-state index is 13.4. The summed E-state index contributed by atoms with van der Waals surface area (Å²) in [5.41, 5.74) is 1.31. The molecule has 1 saturated carbocycles. The van der Waals surface area contributed by atoms with Gasteiger partial charge in [-0.15, -0.1) is 0 Å². The number of hydrogen-bond donors (Lipinski definition) is 1. The topological polar surface area (TPSA) is 129 Å². The summed E-state index contributed by atoms with van der Waals surface area (Å²) < 4.78 is 15.3. The van der Waals surface area contributed by atoms with E-state index in [-0.39, 0.29) is 33.0 Å². The fraction of sp³-hybridized carbons (Fsp3) is 0.348. The summed E-state index contributed by atoms with van der Waals surface area (Å²) in [6.45, 7) is 4.52. The van der Waals surface area contributed by atoms with Crippen molar-refractivity contribution in [3.63, 3.8) is 0 Å². The number of fused-ring (bicyclic) bond motifs is 1. The normalized spacial score (nSPS) is 15.9. The molecule has 4 aromatic heterocycles. The van der Waals surface area contributed by atoms with Gasteiger partial charge in [0.05, 0.1) is 27.4 Å². The smallest absolute Gasteiger partial charge is 0.305 e. The fourth-order valence-electron chi connectivity index (χ4n) is 4.27. The Morgan fingerprint density at radius 2 is 1.97 bits per heavy atom. The summed E-state index contributed by atoms with van der Waals surface area (Å²) in [6.07, 6.45) is 6.95. The molecule has 0 radical (unpaired) electrons. The van der Waals surface area contributed by atoms with E-state index in [9.17, 15) is 19.3 Å². The van der Waals surface area contributed by atoms with Crippen molar-refractivity contribution in [2.75, 3.05) is 5.32 Å². The highest BCUT2D eigenvalue weighted by molar-refractivity contribution is 7.17. The third kappa shape index (κ3) is 4.61. The van der Waals surface area contributed by atoms with Crippen molar-refractivity contribution in [1.82, 2.24) is 24.7 Å². The van der Waals surface area contributed by atoms with E-state index in [0.717, 1.165) is 37.0 Å². The summed E-state index contributed by atoms with van der Waals surface area (Å²) in [4.78, 5) is 36.4. The van der Waals surface area contributed by atoms with E-state index in [1.165, 1.54) is 30.5 Å². The van der Waals surface area contributed by atoms with Crippen LogP contribution < -0.4 is 5.32 Å². The Kier molecular flexibility index (Phi) is 5.75. The van der Waals surface area contributed by atoms with Gasteiger partial charge >= 0.3 is 5.00 Å². The van der Waals surface area contributed by atoms with E-state index in [2.05, 4.69) is 34.2 Å². The molecule has 10 nitrogen and oxygen atoms in total. The van der Waals surface area contributed by atoms with E-state index >= 15 is 0 Å². The van der Waals surface area contributed by atoms with Gasteiger partial charge in [-0.25, -0.2) is 19.6 Å². The van der Waals surface area contributed by atoms with Crippen LogP contribution in [0.3, 0.4) is 0 Å².